The van der Waals surface area contributed by atoms with Gasteiger partial charge in [-0.05, 0) is 30.5 Å². The fraction of sp³-hybridized carbons (Fsp3) is 0.333. The third-order valence-corrected chi connectivity index (χ3v) is 4.61. The largest absolute Gasteiger partial charge is 0.479 e. The van der Waals surface area contributed by atoms with Crippen LogP contribution in [0.5, 0.6) is 0 Å². The Morgan fingerprint density at radius 3 is 2.65 bits per heavy atom. The number of methoxy groups -OCH3 is 1. The van der Waals surface area contributed by atoms with Gasteiger partial charge in [-0.15, -0.1) is 0 Å². The number of carbonyl (C=O) groups excluding carboxylic acids is 1. The van der Waals surface area contributed by atoms with E-state index in [9.17, 15) is 19.1 Å². The van der Waals surface area contributed by atoms with Crippen LogP contribution in [0.4, 0.5) is 4.39 Å². The van der Waals surface area contributed by atoms with E-state index in [2.05, 4.69) is 9.97 Å². The highest BCUT2D eigenvalue weighted by Gasteiger charge is 2.50. The molecule has 136 valence electrons. The maximum atomic E-state index is 14.6. The summed E-state index contributed by atoms with van der Waals surface area (Å²) in [6.07, 6.45) is 5.23. The minimum Gasteiger partial charge on any atom is -0.479 e. The van der Waals surface area contributed by atoms with Crippen molar-refractivity contribution in [1.82, 2.24) is 14.9 Å². The Labute approximate surface area is 149 Å². The molecule has 0 radical (unpaired) electrons. The summed E-state index contributed by atoms with van der Waals surface area (Å²) in [5, 5.41) is 9.64. The van der Waals surface area contributed by atoms with Crippen molar-refractivity contribution in [2.75, 3.05) is 20.3 Å². The fourth-order valence-electron chi connectivity index (χ4n) is 3.31. The van der Waals surface area contributed by atoms with Crippen molar-refractivity contribution in [2.45, 2.75) is 18.4 Å². The Hall–Kier alpha value is -2.87. The van der Waals surface area contributed by atoms with Gasteiger partial charge in [-0.3, -0.25) is 4.79 Å². The average Bonchev–Trinajstić information content (AvgIpc) is 3.07. The van der Waals surface area contributed by atoms with Crippen LogP contribution < -0.4 is 0 Å². The maximum absolute atomic E-state index is 14.6. The summed E-state index contributed by atoms with van der Waals surface area (Å²) in [7, 11) is 1.38. The minimum absolute atomic E-state index is 0.144. The number of aromatic nitrogens is 2. The van der Waals surface area contributed by atoms with Gasteiger partial charge in [0.1, 0.15) is 12.1 Å². The summed E-state index contributed by atoms with van der Waals surface area (Å²) in [5.41, 5.74) is -0.493. The van der Waals surface area contributed by atoms with Crippen molar-refractivity contribution in [1.29, 1.82) is 0 Å². The molecular formula is C18H18FN3O4. The molecule has 0 aliphatic carbocycles. The first-order valence-corrected chi connectivity index (χ1v) is 8.09. The Kier molecular flexibility index (Phi) is 4.94. The Balaban J connectivity index is 1.93. The van der Waals surface area contributed by atoms with Gasteiger partial charge in [0.25, 0.3) is 5.91 Å². The molecule has 1 N–H and O–H groups in total. The molecule has 1 unspecified atom stereocenters. The number of hydrogen-bond donors (Lipinski definition) is 1. The molecule has 1 aliphatic heterocycles. The molecule has 26 heavy (non-hydrogen) atoms. The Morgan fingerprint density at radius 2 is 2.04 bits per heavy atom. The molecular weight excluding hydrogens is 341 g/mol. The van der Waals surface area contributed by atoms with E-state index >= 15 is 0 Å². The number of halogens is 1. The van der Waals surface area contributed by atoms with Crippen LogP contribution in [-0.4, -0.2) is 57.7 Å². The van der Waals surface area contributed by atoms with Crippen molar-refractivity contribution >= 4 is 11.9 Å². The zero-order valence-electron chi connectivity index (χ0n) is 14.2. The van der Waals surface area contributed by atoms with Gasteiger partial charge in [-0.2, -0.15) is 0 Å². The van der Waals surface area contributed by atoms with E-state index in [1.807, 2.05) is 0 Å². The average molecular weight is 359 g/mol. The number of rotatable bonds is 5. The zero-order chi connectivity index (χ0) is 18.7. The summed E-state index contributed by atoms with van der Waals surface area (Å²) in [6.45, 7) is 0.0946. The first-order valence-electron chi connectivity index (χ1n) is 8.09. The van der Waals surface area contributed by atoms with E-state index in [-0.39, 0.29) is 25.1 Å². The molecule has 1 aromatic carbocycles. The van der Waals surface area contributed by atoms with E-state index in [1.165, 1.54) is 42.9 Å². The summed E-state index contributed by atoms with van der Waals surface area (Å²) in [4.78, 5) is 33.6. The molecule has 2 aromatic rings. The van der Waals surface area contributed by atoms with Crippen LogP contribution in [0.25, 0.3) is 11.1 Å². The number of amides is 1. The van der Waals surface area contributed by atoms with Crippen LogP contribution in [-0.2, 0) is 9.53 Å². The third-order valence-electron chi connectivity index (χ3n) is 4.61. The Bertz CT molecular complexity index is 830. The van der Waals surface area contributed by atoms with Gasteiger partial charge in [0.15, 0.2) is 5.54 Å². The molecule has 1 fully saturated rings. The van der Waals surface area contributed by atoms with Crippen LogP contribution in [0.2, 0.25) is 0 Å². The summed E-state index contributed by atoms with van der Waals surface area (Å²) < 4.78 is 19.6. The molecule has 0 spiro atoms. The number of aliphatic carboxylic acids is 1. The highest BCUT2D eigenvalue weighted by Crippen LogP contribution is 2.32. The van der Waals surface area contributed by atoms with Crippen LogP contribution in [0.3, 0.4) is 0 Å². The molecule has 2 heterocycles. The van der Waals surface area contributed by atoms with Crippen molar-refractivity contribution in [3.8, 4) is 11.1 Å². The lowest BCUT2D eigenvalue weighted by atomic mass is 9.96. The predicted octanol–water partition coefficient (Wildman–Crippen LogP) is 1.99. The van der Waals surface area contributed by atoms with Crippen molar-refractivity contribution in [3.63, 3.8) is 0 Å². The SMILES string of the molecule is COCC1(C(=O)O)CCCN1C(=O)c1ccc(-c2cncnc2)cc1F. The van der Waals surface area contributed by atoms with Gasteiger partial charge in [0.05, 0.1) is 12.2 Å². The predicted molar refractivity (Wildman–Crippen MR) is 89.9 cm³/mol. The lowest BCUT2D eigenvalue weighted by Gasteiger charge is -2.34. The third kappa shape index (κ3) is 3.03. The van der Waals surface area contributed by atoms with E-state index in [1.54, 1.807) is 6.07 Å². The molecule has 3 rings (SSSR count). The molecule has 0 saturated carbocycles. The highest BCUT2D eigenvalue weighted by molar-refractivity contribution is 5.99. The van der Waals surface area contributed by atoms with Crippen LogP contribution in [0, 0.1) is 5.82 Å². The molecule has 7 nitrogen and oxygen atoms in total. The highest BCUT2D eigenvalue weighted by atomic mass is 19.1. The van der Waals surface area contributed by atoms with E-state index in [0.717, 1.165) is 0 Å². The normalized spacial score (nSPS) is 19.5. The topological polar surface area (TPSA) is 92.6 Å². The van der Waals surface area contributed by atoms with Gasteiger partial charge >= 0.3 is 5.97 Å². The van der Waals surface area contributed by atoms with Gasteiger partial charge < -0.3 is 14.7 Å². The number of benzene rings is 1. The Morgan fingerprint density at radius 1 is 1.31 bits per heavy atom. The summed E-state index contributed by atoms with van der Waals surface area (Å²) in [6, 6.07) is 4.17. The van der Waals surface area contributed by atoms with E-state index in [0.29, 0.717) is 17.5 Å². The molecule has 0 bridgehead atoms. The zero-order valence-corrected chi connectivity index (χ0v) is 14.2. The van der Waals surface area contributed by atoms with E-state index < -0.39 is 23.2 Å². The lowest BCUT2D eigenvalue weighted by molar-refractivity contribution is -0.151. The van der Waals surface area contributed by atoms with Crippen LogP contribution >= 0.6 is 0 Å². The number of carbonyl (C=O) groups is 2. The van der Waals surface area contributed by atoms with Crippen molar-refractivity contribution in [2.24, 2.45) is 0 Å². The monoisotopic (exact) mass is 359 g/mol. The second kappa shape index (κ2) is 7.17. The van der Waals surface area contributed by atoms with E-state index in [4.69, 9.17) is 4.74 Å². The fourth-order valence-corrected chi connectivity index (χ4v) is 3.31. The van der Waals surface area contributed by atoms with Gasteiger partial charge in [-0.1, -0.05) is 6.07 Å². The first kappa shape index (κ1) is 17.9. The molecule has 1 aliphatic rings. The molecule has 1 saturated heterocycles. The standard InChI is InChI=1S/C18H18FN3O4/c1-26-10-18(17(24)25)5-2-6-22(18)16(23)14-4-3-12(7-15(14)19)13-8-20-11-21-9-13/h3-4,7-9,11H,2,5-6,10H2,1H3,(H,24,25). The summed E-state index contributed by atoms with van der Waals surface area (Å²) in [5.74, 6) is -2.53. The molecule has 8 heteroatoms. The molecule has 1 aromatic heterocycles. The van der Waals surface area contributed by atoms with Gasteiger partial charge in [-0.25, -0.2) is 19.2 Å². The van der Waals surface area contributed by atoms with Crippen molar-refractivity contribution in [3.05, 3.63) is 48.3 Å². The smallest absolute Gasteiger partial charge is 0.332 e. The number of likely N-dealkylation sites (tertiary alicyclic amines) is 1. The number of nitrogens with zero attached hydrogens (tertiary/aromatic N) is 3. The second-order valence-electron chi connectivity index (χ2n) is 6.15. The lowest BCUT2D eigenvalue weighted by Crippen LogP contribution is -2.56. The van der Waals surface area contributed by atoms with Crippen LogP contribution in [0.15, 0.2) is 36.9 Å². The minimum atomic E-state index is -1.47. The van der Waals surface area contributed by atoms with Gasteiger partial charge in [0.2, 0.25) is 0 Å². The molecule has 1 amide bonds. The molecule has 1 atom stereocenters. The second-order valence-corrected chi connectivity index (χ2v) is 6.15. The van der Waals surface area contributed by atoms with Crippen molar-refractivity contribution < 1.29 is 23.8 Å². The van der Waals surface area contributed by atoms with Crippen LogP contribution in [0.1, 0.15) is 23.2 Å². The number of carboxylic acids is 1. The number of hydrogen-bond acceptors (Lipinski definition) is 5. The van der Waals surface area contributed by atoms with Gasteiger partial charge in [0, 0.05) is 31.6 Å². The quantitative estimate of drug-likeness (QED) is 0.878. The summed E-state index contributed by atoms with van der Waals surface area (Å²) >= 11 is 0. The number of carboxylic acid groups (broad SMARTS) is 1. The first-order chi connectivity index (χ1) is 12.5. The maximum Gasteiger partial charge on any atom is 0.332 e. The number of ether oxygens (including phenoxy) is 1.